The summed E-state index contributed by atoms with van der Waals surface area (Å²) in [7, 11) is 1.86. The molecule has 0 fully saturated rings. The summed E-state index contributed by atoms with van der Waals surface area (Å²) in [4.78, 5) is 8.43. The van der Waals surface area contributed by atoms with Crippen LogP contribution in [0.2, 0.25) is 0 Å². The molecule has 9 nitrogen and oxygen atoms in total. The van der Waals surface area contributed by atoms with Gasteiger partial charge in [0, 0.05) is 7.05 Å². The number of nitrogens with two attached hydrogens (primary N) is 1. The Morgan fingerprint density at radius 2 is 2.33 bits per heavy atom. The highest BCUT2D eigenvalue weighted by molar-refractivity contribution is 7.99. The molecule has 0 saturated heterocycles. The highest BCUT2D eigenvalue weighted by atomic mass is 32.2. The molecular weight excluding hydrogens is 254 g/mol. The maximum Gasteiger partial charge on any atom is 0.240 e. The Labute approximate surface area is 105 Å². The van der Waals surface area contributed by atoms with Crippen molar-refractivity contribution < 1.29 is 0 Å². The van der Waals surface area contributed by atoms with Crippen LogP contribution in [0.3, 0.4) is 0 Å². The minimum atomic E-state index is 0.316. The molecule has 0 bridgehead atoms. The number of hydrazine groups is 1. The molecule has 3 aromatic heterocycles. The molecule has 0 spiro atoms. The summed E-state index contributed by atoms with van der Waals surface area (Å²) < 4.78 is 1.80. The lowest BCUT2D eigenvalue weighted by atomic mass is 10.4. The standard InChI is InChI=1S/C8H9N9S/c1-17-3-11-16-8(17)18-6-4-2-10-15-5(4)12-7(13-6)14-9/h2-3H,9H2,1H3,(H2,10,12,13,14,15). The van der Waals surface area contributed by atoms with Gasteiger partial charge in [0.05, 0.1) is 11.6 Å². The van der Waals surface area contributed by atoms with E-state index in [-0.39, 0.29) is 0 Å². The van der Waals surface area contributed by atoms with Gasteiger partial charge in [-0.15, -0.1) is 10.2 Å². The Hall–Kier alpha value is -2.20. The third-order valence-corrected chi connectivity index (χ3v) is 3.32. The van der Waals surface area contributed by atoms with Gasteiger partial charge < -0.3 is 4.57 Å². The molecule has 4 N–H and O–H groups in total. The summed E-state index contributed by atoms with van der Waals surface area (Å²) in [6, 6.07) is 0. The molecule has 3 rings (SSSR count). The number of aromatic amines is 1. The average molecular weight is 263 g/mol. The second kappa shape index (κ2) is 4.23. The number of hydrogen-bond acceptors (Lipinski definition) is 8. The highest BCUT2D eigenvalue weighted by Gasteiger charge is 2.13. The molecule has 0 atom stereocenters. The van der Waals surface area contributed by atoms with Crippen LogP contribution in [0.4, 0.5) is 5.95 Å². The van der Waals surface area contributed by atoms with Gasteiger partial charge in [0.15, 0.2) is 10.8 Å². The zero-order valence-electron chi connectivity index (χ0n) is 9.32. The Kier molecular flexibility index (Phi) is 2.57. The summed E-state index contributed by atoms with van der Waals surface area (Å²) in [6.45, 7) is 0. The average Bonchev–Trinajstić information content (AvgIpc) is 2.98. The third-order valence-electron chi connectivity index (χ3n) is 2.26. The van der Waals surface area contributed by atoms with Gasteiger partial charge in [-0.2, -0.15) is 10.1 Å². The number of H-pyrrole nitrogens is 1. The second-order valence-corrected chi connectivity index (χ2v) is 4.41. The van der Waals surface area contributed by atoms with Crippen LogP contribution in [0.5, 0.6) is 0 Å². The first-order chi connectivity index (χ1) is 8.78. The molecule has 0 radical (unpaired) electrons. The van der Waals surface area contributed by atoms with Gasteiger partial charge in [0.1, 0.15) is 11.4 Å². The summed E-state index contributed by atoms with van der Waals surface area (Å²) >= 11 is 1.37. The quantitative estimate of drug-likeness (QED) is 0.340. The molecule has 0 aliphatic rings. The van der Waals surface area contributed by atoms with Gasteiger partial charge in [0.2, 0.25) is 5.95 Å². The van der Waals surface area contributed by atoms with E-state index >= 15 is 0 Å². The molecule has 92 valence electrons. The van der Waals surface area contributed by atoms with E-state index in [0.29, 0.717) is 16.6 Å². The number of hydrogen-bond donors (Lipinski definition) is 3. The van der Waals surface area contributed by atoms with Crippen LogP contribution in [0.1, 0.15) is 0 Å². The fourth-order valence-corrected chi connectivity index (χ4v) is 2.25. The van der Waals surface area contributed by atoms with E-state index in [1.807, 2.05) is 7.05 Å². The second-order valence-electron chi connectivity index (χ2n) is 3.46. The molecule has 0 aliphatic heterocycles. The Morgan fingerprint density at radius 1 is 1.44 bits per heavy atom. The predicted molar refractivity (Wildman–Crippen MR) is 64.6 cm³/mol. The van der Waals surface area contributed by atoms with Crippen molar-refractivity contribution in [2.24, 2.45) is 12.9 Å². The maximum atomic E-state index is 5.33. The molecule has 0 aliphatic carbocycles. The number of fused-ring (bicyclic) bond motifs is 1. The topological polar surface area (TPSA) is 123 Å². The number of anilines is 1. The molecule has 0 aromatic carbocycles. The van der Waals surface area contributed by atoms with Crippen LogP contribution in [0, 0.1) is 0 Å². The van der Waals surface area contributed by atoms with E-state index < -0.39 is 0 Å². The third kappa shape index (κ3) is 1.76. The van der Waals surface area contributed by atoms with Crippen LogP contribution < -0.4 is 11.3 Å². The van der Waals surface area contributed by atoms with E-state index in [2.05, 4.69) is 35.8 Å². The van der Waals surface area contributed by atoms with Crippen molar-refractivity contribution in [3.05, 3.63) is 12.5 Å². The SMILES string of the molecule is Cn1cnnc1Sc1nc(NN)nc2[nH]ncc12. The predicted octanol–water partition coefficient (Wildman–Crippen LogP) is -0.0818. The lowest BCUT2D eigenvalue weighted by molar-refractivity contribution is 0.787. The van der Waals surface area contributed by atoms with Crippen LogP contribution in [-0.2, 0) is 7.05 Å². The molecule has 0 saturated carbocycles. The summed E-state index contributed by atoms with van der Waals surface area (Å²) in [5.41, 5.74) is 3.03. The largest absolute Gasteiger partial charge is 0.311 e. The van der Waals surface area contributed by atoms with Crippen molar-refractivity contribution in [3.63, 3.8) is 0 Å². The summed E-state index contributed by atoms with van der Waals surface area (Å²) in [5.74, 6) is 5.65. The number of nitrogen functional groups attached to an aromatic ring is 1. The lowest BCUT2D eigenvalue weighted by Gasteiger charge is -2.03. The number of aromatic nitrogens is 7. The lowest BCUT2D eigenvalue weighted by Crippen LogP contribution is -2.10. The fraction of sp³-hybridized carbons (Fsp3) is 0.125. The van der Waals surface area contributed by atoms with Crippen molar-refractivity contribution in [1.82, 2.24) is 34.9 Å². The number of rotatable bonds is 3. The van der Waals surface area contributed by atoms with E-state index in [0.717, 1.165) is 10.5 Å². The van der Waals surface area contributed by atoms with Gasteiger partial charge in [-0.1, -0.05) is 0 Å². The first-order valence-corrected chi connectivity index (χ1v) is 5.79. The van der Waals surface area contributed by atoms with Gasteiger partial charge in [0.25, 0.3) is 0 Å². The zero-order valence-corrected chi connectivity index (χ0v) is 10.1. The maximum absolute atomic E-state index is 5.33. The molecule has 18 heavy (non-hydrogen) atoms. The van der Waals surface area contributed by atoms with E-state index in [9.17, 15) is 0 Å². The van der Waals surface area contributed by atoms with Crippen LogP contribution in [0.25, 0.3) is 11.0 Å². The molecule has 3 aromatic rings. The van der Waals surface area contributed by atoms with Gasteiger partial charge in [-0.05, 0) is 11.8 Å². The van der Waals surface area contributed by atoms with Gasteiger partial charge in [-0.25, -0.2) is 10.8 Å². The van der Waals surface area contributed by atoms with E-state index in [1.165, 1.54) is 11.8 Å². The van der Waals surface area contributed by atoms with Gasteiger partial charge >= 0.3 is 0 Å². The van der Waals surface area contributed by atoms with Crippen molar-refractivity contribution in [2.45, 2.75) is 10.2 Å². The van der Waals surface area contributed by atoms with Crippen molar-refractivity contribution >= 4 is 28.7 Å². The fourth-order valence-electron chi connectivity index (χ4n) is 1.40. The molecule has 10 heteroatoms. The minimum Gasteiger partial charge on any atom is -0.311 e. The van der Waals surface area contributed by atoms with Crippen molar-refractivity contribution in [2.75, 3.05) is 5.43 Å². The normalized spacial score (nSPS) is 11.0. The smallest absolute Gasteiger partial charge is 0.240 e. The monoisotopic (exact) mass is 263 g/mol. The van der Waals surface area contributed by atoms with Crippen molar-refractivity contribution in [3.8, 4) is 0 Å². The summed E-state index contributed by atoms with van der Waals surface area (Å²) in [6.07, 6.45) is 3.28. The number of nitrogens with one attached hydrogen (secondary N) is 2. The summed E-state index contributed by atoms with van der Waals surface area (Å²) in [5, 5.41) is 16.8. The molecule has 3 heterocycles. The highest BCUT2D eigenvalue weighted by Crippen LogP contribution is 2.29. The van der Waals surface area contributed by atoms with Gasteiger partial charge in [-0.3, -0.25) is 10.5 Å². The number of nitrogens with zero attached hydrogens (tertiary/aromatic N) is 6. The molecule has 0 unspecified atom stereocenters. The van der Waals surface area contributed by atoms with Crippen LogP contribution in [0.15, 0.2) is 22.7 Å². The van der Waals surface area contributed by atoms with E-state index in [4.69, 9.17) is 5.84 Å². The van der Waals surface area contributed by atoms with Crippen LogP contribution in [-0.4, -0.2) is 34.9 Å². The Bertz CT molecular complexity index is 687. The zero-order chi connectivity index (χ0) is 12.5. The van der Waals surface area contributed by atoms with E-state index in [1.54, 1.807) is 17.1 Å². The molecule has 0 amide bonds. The van der Waals surface area contributed by atoms with Crippen molar-refractivity contribution in [1.29, 1.82) is 0 Å². The molecular formula is C8H9N9S. The first-order valence-electron chi connectivity index (χ1n) is 4.97. The Balaban J connectivity index is 2.10. The first kappa shape index (κ1) is 10.9. The number of aryl methyl sites for hydroxylation is 1. The van der Waals surface area contributed by atoms with Crippen LogP contribution >= 0.6 is 11.8 Å². The Morgan fingerprint density at radius 3 is 3.06 bits per heavy atom. The minimum absolute atomic E-state index is 0.316.